The Hall–Kier alpha value is -3.61. The summed E-state index contributed by atoms with van der Waals surface area (Å²) in [4.78, 5) is 37.2. The molecular weight excluding hydrogens is 444 g/mol. The molecule has 4 atom stereocenters. The molecule has 2 fully saturated rings. The van der Waals surface area contributed by atoms with Crippen LogP contribution in [0, 0.1) is 11.3 Å². The maximum atomic E-state index is 13.0. The van der Waals surface area contributed by atoms with Gasteiger partial charge in [-0.15, -0.1) is 6.58 Å². The van der Waals surface area contributed by atoms with Crippen LogP contribution in [0.2, 0.25) is 0 Å². The highest BCUT2D eigenvalue weighted by Crippen LogP contribution is 2.63. The van der Waals surface area contributed by atoms with Gasteiger partial charge >= 0.3 is 12.1 Å². The summed E-state index contributed by atoms with van der Waals surface area (Å²) in [6.07, 6.45) is 3.78. The van der Waals surface area contributed by atoms with E-state index in [2.05, 4.69) is 41.5 Å². The van der Waals surface area contributed by atoms with Crippen LogP contribution in [0.4, 0.5) is 4.79 Å². The lowest BCUT2D eigenvalue weighted by atomic mass is 9.98. The van der Waals surface area contributed by atoms with Crippen LogP contribution in [-0.2, 0) is 14.3 Å². The summed E-state index contributed by atoms with van der Waals surface area (Å²) in [6.45, 7) is 3.88. The molecule has 0 radical (unpaired) electrons. The van der Waals surface area contributed by atoms with Crippen molar-refractivity contribution in [2.45, 2.75) is 50.1 Å². The number of carbonyl (C=O) groups excluding carboxylic acids is 2. The lowest BCUT2D eigenvalue weighted by Gasteiger charge is -2.22. The Bertz CT molecular complexity index is 1130. The van der Waals surface area contributed by atoms with Gasteiger partial charge in [-0.3, -0.25) is 9.59 Å². The second-order valence-electron chi connectivity index (χ2n) is 9.90. The minimum Gasteiger partial charge on any atom is -0.481 e. The largest absolute Gasteiger partial charge is 0.481 e. The van der Waals surface area contributed by atoms with Gasteiger partial charge in [0.25, 0.3) is 0 Å². The first kappa shape index (κ1) is 23.1. The molecule has 35 heavy (non-hydrogen) atoms. The highest BCUT2D eigenvalue weighted by atomic mass is 16.5. The van der Waals surface area contributed by atoms with Gasteiger partial charge in [-0.25, -0.2) is 4.79 Å². The third-order valence-corrected chi connectivity index (χ3v) is 7.80. The number of hydrogen-bond donors (Lipinski definition) is 3. The lowest BCUT2D eigenvalue weighted by Crippen LogP contribution is -2.49. The van der Waals surface area contributed by atoms with Crippen LogP contribution in [0.15, 0.2) is 61.2 Å². The molecule has 0 aliphatic heterocycles. The van der Waals surface area contributed by atoms with Crippen molar-refractivity contribution in [2.24, 2.45) is 11.3 Å². The number of benzene rings is 2. The second-order valence-corrected chi connectivity index (χ2v) is 9.90. The maximum absolute atomic E-state index is 13.0. The number of fused-ring (bicyclic) bond motifs is 4. The number of carboxylic acids is 1. The van der Waals surface area contributed by atoms with Crippen LogP contribution < -0.4 is 10.6 Å². The van der Waals surface area contributed by atoms with Crippen LogP contribution in [-0.4, -0.2) is 41.8 Å². The molecule has 2 aromatic carbocycles. The number of ether oxygens (including phenoxy) is 1. The van der Waals surface area contributed by atoms with Crippen molar-refractivity contribution in [1.29, 1.82) is 0 Å². The van der Waals surface area contributed by atoms with E-state index in [9.17, 15) is 19.5 Å². The summed E-state index contributed by atoms with van der Waals surface area (Å²) in [6, 6.07) is 15.3. The molecule has 0 aromatic heterocycles. The van der Waals surface area contributed by atoms with Crippen molar-refractivity contribution < 1.29 is 24.2 Å². The Balaban J connectivity index is 1.20. The van der Waals surface area contributed by atoms with Gasteiger partial charge in [-0.2, -0.15) is 0 Å². The molecule has 0 bridgehead atoms. The highest BCUT2D eigenvalue weighted by molar-refractivity contribution is 5.86. The van der Waals surface area contributed by atoms with Crippen molar-refractivity contribution in [3.8, 4) is 11.1 Å². The van der Waals surface area contributed by atoms with E-state index >= 15 is 0 Å². The summed E-state index contributed by atoms with van der Waals surface area (Å²) in [7, 11) is 0. The van der Waals surface area contributed by atoms with Crippen LogP contribution in [0.25, 0.3) is 11.1 Å². The molecule has 7 heteroatoms. The standard InChI is InChI=1S/C28H30N2O5/c1-2-3-12-24(25(31)29-18-13-17-14-28(17,15-18)26(32)33)30-27(34)35-16-23-21-10-6-4-8-19(21)20-9-5-7-11-22(20)23/h2,4-11,17-18,23-24H,1,3,12-16H2,(H,29,31)(H,30,34)(H,32,33). The Morgan fingerprint density at radius 1 is 1.09 bits per heavy atom. The third-order valence-electron chi connectivity index (χ3n) is 7.80. The molecule has 3 aliphatic carbocycles. The fourth-order valence-corrected chi connectivity index (χ4v) is 5.90. The van der Waals surface area contributed by atoms with Crippen molar-refractivity contribution >= 4 is 18.0 Å². The fraction of sp³-hybridized carbons (Fsp3) is 0.393. The molecule has 2 amide bonds. The molecule has 182 valence electrons. The van der Waals surface area contributed by atoms with Gasteiger partial charge in [0.1, 0.15) is 12.6 Å². The Morgan fingerprint density at radius 3 is 2.34 bits per heavy atom. The molecule has 4 unspecified atom stereocenters. The van der Waals surface area contributed by atoms with Gasteiger partial charge < -0.3 is 20.5 Å². The zero-order valence-corrected chi connectivity index (χ0v) is 19.5. The molecule has 5 rings (SSSR count). The summed E-state index contributed by atoms with van der Waals surface area (Å²) >= 11 is 0. The van der Waals surface area contributed by atoms with E-state index in [1.807, 2.05) is 24.3 Å². The predicted molar refractivity (Wildman–Crippen MR) is 131 cm³/mol. The lowest BCUT2D eigenvalue weighted by molar-refractivity contribution is -0.143. The van der Waals surface area contributed by atoms with E-state index in [-0.39, 0.29) is 30.4 Å². The SMILES string of the molecule is C=CCCC(NC(=O)OCC1c2ccccc2-c2ccccc21)C(=O)NC1CC2CC2(C(=O)O)C1. The highest BCUT2D eigenvalue weighted by Gasteiger charge is 2.65. The van der Waals surface area contributed by atoms with Crippen molar-refractivity contribution in [2.75, 3.05) is 6.61 Å². The number of allylic oxidation sites excluding steroid dienone is 1. The van der Waals surface area contributed by atoms with Gasteiger partial charge in [0.15, 0.2) is 0 Å². The molecule has 3 N–H and O–H groups in total. The Morgan fingerprint density at radius 2 is 1.74 bits per heavy atom. The maximum Gasteiger partial charge on any atom is 0.407 e. The monoisotopic (exact) mass is 474 g/mol. The van der Waals surface area contributed by atoms with Crippen molar-refractivity contribution in [3.63, 3.8) is 0 Å². The molecule has 0 saturated heterocycles. The van der Waals surface area contributed by atoms with Gasteiger partial charge in [-0.1, -0.05) is 54.6 Å². The molecule has 3 aliphatic rings. The van der Waals surface area contributed by atoms with Crippen molar-refractivity contribution in [3.05, 3.63) is 72.3 Å². The quantitative estimate of drug-likeness (QED) is 0.472. The molecule has 2 aromatic rings. The zero-order chi connectivity index (χ0) is 24.6. The number of alkyl carbamates (subject to hydrolysis) is 1. The predicted octanol–water partition coefficient (Wildman–Crippen LogP) is 4.23. The smallest absolute Gasteiger partial charge is 0.407 e. The molecule has 0 heterocycles. The van der Waals surface area contributed by atoms with Gasteiger partial charge in [-0.05, 0) is 60.3 Å². The number of nitrogens with one attached hydrogen (secondary N) is 2. The number of carbonyl (C=O) groups is 3. The normalized spacial score (nSPS) is 24.5. The molecule has 7 nitrogen and oxygen atoms in total. The minimum atomic E-state index is -0.779. The van der Waals surface area contributed by atoms with Crippen LogP contribution >= 0.6 is 0 Å². The Labute approximate surface area is 204 Å². The molecule has 0 spiro atoms. The van der Waals surface area contributed by atoms with E-state index in [1.165, 1.54) is 0 Å². The molecular formula is C28H30N2O5. The van der Waals surface area contributed by atoms with Crippen LogP contribution in [0.5, 0.6) is 0 Å². The van der Waals surface area contributed by atoms with Gasteiger partial charge in [0, 0.05) is 12.0 Å². The second kappa shape index (κ2) is 9.21. The summed E-state index contributed by atoms with van der Waals surface area (Å²) in [5.74, 6) is -1.02. The van der Waals surface area contributed by atoms with E-state index in [4.69, 9.17) is 4.74 Å². The minimum absolute atomic E-state index is 0.0639. The van der Waals surface area contributed by atoms with Crippen molar-refractivity contribution in [1.82, 2.24) is 10.6 Å². The zero-order valence-electron chi connectivity index (χ0n) is 19.5. The van der Waals surface area contributed by atoms with Crippen LogP contribution in [0.1, 0.15) is 49.1 Å². The number of rotatable bonds is 9. The number of aliphatic carboxylic acids is 1. The fourth-order valence-electron chi connectivity index (χ4n) is 5.90. The van der Waals surface area contributed by atoms with Gasteiger partial charge in [0.2, 0.25) is 5.91 Å². The topological polar surface area (TPSA) is 105 Å². The molecule has 2 saturated carbocycles. The van der Waals surface area contributed by atoms with Gasteiger partial charge in [0.05, 0.1) is 5.41 Å². The first-order chi connectivity index (χ1) is 16.9. The average molecular weight is 475 g/mol. The van der Waals surface area contributed by atoms with E-state index < -0.39 is 23.5 Å². The summed E-state index contributed by atoms with van der Waals surface area (Å²) in [5.41, 5.74) is 3.86. The number of carboxylic acid groups (broad SMARTS) is 1. The summed E-state index contributed by atoms with van der Waals surface area (Å²) in [5, 5.41) is 15.1. The average Bonchev–Trinajstić information content (AvgIpc) is 3.28. The first-order valence-electron chi connectivity index (χ1n) is 12.2. The van der Waals surface area contributed by atoms with E-state index in [0.717, 1.165) is 22.3 Å². The number of hydrogen-bond acceptors (Lipinski definition) is 4. The Kier molecular flexibility index (Phi) is 6.09. The van der Waals surface area contributed by atoms with Crippen LogP contribution in [0.3, 0.4) is 0 Å². The van der Waals surface area contributed by atoms with E-state index in [1.54, 1.807) is 6.08 Å². The third kappa shape index (κ3) is 4.31. The van der Waals surface area contributed by atoms with E-state index in [0.29, 0.717) is 32.1 Å². The summed E-state index contributed by atoms with van der Waals surface area (Å²) < 4.78 is 5.61. The first-order valence-corrected chi connectivity index (χ1v) is 12.2. The number of amides is 2.